The number of fused-ring (bicyclic) bond motifs is 1. The number of nitrogens with zero attached hydrogens (tertiary/aromatic N) is 2. The van der Waals surface area contributed by atoms with E-state index in [1.165, 1.54) is 5.56 Å². The van der Waals surface area contributed by atoms with E-state index in [4.69, 9.17) is 11.6 Å². The summed E-state index contributed by atoms with van der Waals surface area (Å²) in [5.74, 6) is 0.393. The van der Waals surface area contributed by atoms with Crippen LogP contribution in [0.5, 0.6) is 0 Å². The Labute approximate surface area is 164 Å². The molecule has 1 aliphatic rings. The molecule has 0 unspecified atom stereocenters. The summed E-state index contributed by atoms with van der Waals surface area (Å²) in [5, 5.41) is 4.61. The Kier molecular flexibility index (Phi) is 5.19. The van der Waals surface area contributed by atoms with Crippen LogP contribution in [0.25, 0.3) is 10.9 Å². The van der Waals surface area contributed by atoms with E-state index in [-0.39, 0.29) is 5.91 Å². The van der Waals surface area contributed by atoms with Gasteiger partial charge >= 0.3 is 0 Å². The quantitative estimate of drug-likeness (QED) is 0.723. The summed E-state index contributed by atoms with van der Waals surface area (Å²) < 4.78 is 2.00. The monoisotopic (exact) mass is 381 g/mol. The van der Waals surface area contributed by atoms with E-state index in [1.54, 1.807) is 0 Å². The van der Waals surface area contributed by atoms with Gasteiger partial charge in [-0.1, -0.05) is 41.9 Å². The SMILES string of the molecule is Cn1ccc2cc(C(=O)NC[C@@H]3CCN(Cc4ccccc4)C3)c(Cl)cc21. The molecule has 2 heterocycles. The first-order valence-electron chi connectivity index (χ1n) is 9.39. The van der Waals surface area contributed by atoms with Crippen LogP contribution >= 0.6 is 11.6 Å². The van der Waals surface area contributed by atoms with Crippen LogP contribution in [0.2, 0.25) is 5.02 Å². The molecule has 1 aromatic heterocycles. The van der Waals surface area contributed by atoms with Gasteiger partial charge < -0.3 is 9.88 Å². The van der Waals surface area contributed by atoms with Gasteiger partial charge in [0, 0.05) is 43.8 Å². The van der Waals surface area contributed by atoms with Crippen molar-refractivity contribution >= 4 is 28.4 Å². The first-order chi connectivity index (χ1) is 13.1. The van der Waals surface area contributed by atoms with Crippen LogP contribution < -0.4 is 5.32 Å². The molecule has 27 heavy (non-hydrogen) atoms. The van der Waals surface area contributed by atoms with E-state index in [2.05, 4.69) is 34.5 Å². The molecule has 1 atom stereocenters. The number of amides is 1. The van der Waals surface area contributed by atoms with Crippen LogP contribution in [-0.2, 0) is 13.6 Å². The van der Waals surface area contributed by atoms with Crippen molar-refractivity contribution in [2.24, 2.45) is 13.0 Å². The molecule has 0 aliphatic carbocycles. The van der Waals surface area contributed by atoms with Crippen molar-refractivity contribution in [3.8, 4) is 0 Å². The van der Waals surface area contributed by atoms with Gasteiger partial charge in [-0.25, -0.2) is 0 Å². The van der Waals surface area contributed by atoms with Crippen molar-refractivity contribution in [3.05, 3.63) is 70.9 Å². The molecule has 1 amide bonds. The maximum absolute atomic E-state index is 12.6. The lowest BCUT2D eigenvalue weighted by Crippen LogP contribution is -2.31. The minimum atomic E-state index is -0.0905. The molecule has 1 N–H and O–H groups in total. The van der Waals surface area contributed by atoms with Crippen LogP contribution in [0, 0.1) is 5.92 Å². The third-order valence-electron chi connectivity index (χ3n) is 5.39. The zero-order valence-electron chi connectivity index (χ0n) is 15.5. The van der Waals surface area contributed by atoms with Crippen molar-refractivity contribution in [1.29, 1.82) is 0 Å². The lowest BCUT2D eigenvalue weighted by atomic mass is 10.1. The topological polar surface area (TPSA) is 37.3 Å². The number of likely N-dealkylation sites (tertiary alicyclic amines) is 1. The van der Waals surface area contributed by atoms with Gasteiger partial charge in [0.1, 0.15) is 0 Å². The Morgan fingerprint density at radius 1 is 1.22 bits per heavy atom. The smallest absolute Gasteiger partial charge is 0.252 e. The van der Waals surface area contributed by atoms with Gasteiger partial charge in [-0.15, -0.1) is 0 Å². The molecular formula is C22H24ClN3O. The zero-order chi connectivity index (χ0) is 18.8. The van der Waals surface area contributed by atoms with Crippen molar-refractivity contribution in [3.63, 3.8) is 0 Å². The highest BCUT2D eigenvalue weighted by Gasteiger charge is 2.23. The number of aromatic nitrogens is 1. The molecule has 0 spiro atoms. The number of halogens is 1. The number of carbonyl (C=O) groups excluding carboxylic acids is 1. The van der Waals surface area contributed by atoms with Crippen LogP contribution in [0.15, 0.2) is 54.7 Å². The third kappa shape index (κ3) is 4.02. The van der Waals surface area contributed by atoms with Crippen LogP contribution in [0.3, 0.4) is 0 Å². The lowest BCUT2D eigenvalue weighted by Gasteiger charge is -2.16. The average Bonchev–Trinajstić information content (AvgIpc) is 3.27. The second-order valence-electron chi connectivity index (χ2n) is 7.40. The second kappa shape index (κ2) is 7.75. The minimum Gasteiger partial charge on any atom is -0.352 e. The number of carbonyl (C=O) groups is 1. The van der Waals surface area contributed by atoms with E-state index >= 15 is 0 Å². The van der Waals surface area contributed by atoms with E-state index in [9.17, 15) is 4.79 Å². The van der Waals surface area contributed by atoms with Gasteiger partial charge in [0.05, 0.1) is 10.6 Å². The molecule has 0 radical (unpaired) electrons. The molecule has 1 saturated heterocycles. The number of nitrogens with one attached hydrogen (secondary N) is 1. The van der Waals surface area contributed by atoms with Gasteiger partial charge in [-0.3, -0.25) is 9.69 Å². The standard InChI is InChI=1S/C22H24ClN3O/c1-25-9-8-18-11-19(20(23)12-21(18)25)22(27)24-13-17-7-10-26(15-17)14-16-5-3-2-4-6-16/h2-6,8-9,11-12,17H,7,10,13-15H2,1H3,(H,24,27)/t17-/m0/s1. The van der Waals surface area contributed by atoms with E-state index in [0.717, 1.165) is 37.0 Å². The number of hydrogen-bond donors (Lipinski definition) is 1. The normalized spacial score (nSPS) is 17.5. The van der Waals surface area contributed by atoms with Gasteiger partial charge in [-0.2, -0.15) is 0 Å². The Morgan fingerprint density at radius 3 is 2.85 bits per heavy atom. The van der Waals surface area contributed by atoms with Crippen LogP contribution in [0.4, 0.5) is 0 Å². The Morgan fingerprint density at radius 2 is 2.04 bits per heavy atom. The molecule has 5 heteroatoms. The lowest BCUT2D eigenvalue weighted by molar-refractivity contribution is 0.0947. The molecular weight excluding hydrogens is 358 g/mol. The fourth-order valence-corrected chi connectivity index (χ4v) is 4.11. The zero-order valence-corrected chi connectivity index (χ0v) is 16.2. The molecule has 0 bridgehead atoms. The highest BCUT2D eigenvalue weighted by Crippen LogP contribution is 2.25. The maximum Gasteiger partial charge on any atom is 0.252 e. The molecule has 140 valence electrons. The number of hydrogen-bond acceptors (Lipinski definition) is 2. The highest BCUT2D eigenvalue weighted by molar-refractivity contribution is 6.34. The van der Waals surface area contributed by atoms with Gasteiger partial charge in [-0.05, 0) is 42.6 Å². The third-order valence-corrected chi connectivity index (χ3v) is 5.70. The van der Waals surface area contributed by atoms with E-state index in [1.807, 2.05) is 42.1 Å². The number of rotatable bonds is 5. The van der Waals surface area contributed by atoms with Crippen molar-refractivity contribution in [2.45, 2.75) is 13.0 Å². The summed E-state index contributed by atoms with van der Waals surface area (Å²) in [7, 11) is 1.97. The molecule has 2 aromatic carbocycles. The summed E-state index contributed by atoms with van der Waals surface area (Å²) in [6, 6.07) is 16.3. The molecule has 0 saturated carbocycles. The fraction of sp³-hybridized carbons (Fsp3) is 0.318. The van der Waals surface area contributed by atoms with Gasteiger partial charge in [0.15, 0.2) is 0 Å². The minimum absolute atomic E-state index is 0.0905. The number of benzene rings is 2. The largest absolute Gasteiger partial charge is 0.352 e. The Hall–Kier alpha value is -2.30. The summed E-state index contributed by atoms with van der Waals surface area (Å²) in [6.07, 6.45) is 3.08. The number of aryl methyl sites for hydroxylation is 1. The second-order valence-corrected chi connectivity index (χ2v) is 7.81. The predicted molar refractivity (Wildman–Crippen MR) is 110 cm³/mol. The van der Waals surface area contributed by atoms with Crippen LogP contribution in [0.1, 0.15) is 22.3 Å². The van der Waals surface area contributed by atoms with Crippen LogP contribution in [-0.4, -0.2) is 35.0 Å². The highest BCUT2D eigenvalue weighted by atomic mass is 35.5. The summed E-state index contributed by atoms with van der Waals surface area (Å²) >= 11 is 6.35. The Balaban J connectivity index is 1.34. The predicted octanol–water partition coefficient (Wildman–Crippen LogP) is 4.08. The molecule has 1 aliphatic heterocycles. The van der Waals surface area contributed by atoms with Crippen molar-refractivity contribution < 1.29 is 4.79 Å². The summed E-state index contributed by atoms with van der Waals surface area (Å²) in [6.45, 7) is 3.75. The first-order valence-corrected chi connectivity index (χ1v) is 9.77. The Bertz CT molecular complexity index is 951. The summed E-state index contributed by atoms with van der Waals surface area (Å²) in [5.41, 5.74) is 2.92. The van der Waals surface area contributed by atoms with Gasteiger partial charge in [0.2, 0.25) is 0 Å². The summed E-state index contributed by atoms with van der Waals surface area (Å²) in [4.78, 5) is 15.1. The van der Waals surface area contributed by atoms with Crippen molar-refractivity contribution in [2.75, 3.05) is 19.6 Å². The van der Waals surface area contributed by atoms with Gasteiger partial charge in [0.25, 0.3) is 5.91 Å². The molecule has 1 fully saturated rings. The van der Waals surface area contributed by atoms with Crippen molar-refractivity contribution in [1.82, 2.24) is 14.8 Å². The average molecular weight is 382 g/mol. The van der Waals surface area contributed by atoms with E-state index in [0.29, 0.717) is 23.0 Å². The maximum atomic E-state index is 12.6. The van der Waals surface area contributed by atoms with E-state index < -0.39 is 0 Å². The molecule has 4 rings (SSSR count). The molecule has 3 aromatic rings. The molecule has 4 nitrogen and oxygen atoms in total. The fourth-order valence-electron chi connectivity index (χ4n) is 3.86. The first kappa shape index (κ1) is 18.1.